The number of aliphatic hydroxyl groups excluding tert-OH is 1. The molecule has 6 nitrogen and oxygen atoms in total. The standard InChI is InChI=1S/C18H17N3O3S/c1-13-12-25-18(19-15-5-3-2-4-6-15)20(13)11-17(22)14-7-9-16(10-8-14)21(23)24/h2-10,12,17,22H,11H2,1H3/p+1. The maximum atomic E-state index is 10.7. The molecule has 1 atom stereocenters. The van der Waals surface area contributed by atoms with Gasteiger partial charge in [-0.25, -0.2) is 9.88 Å². The molecule has 0 radical (unpaired) electrons. The average Bonchev–Trinajstić information content (AvgIpc) is 2.96. The number of hydrogen-bond acceptors (Lipinski definition) is 5. The molecule has 128 valence electrons. The Hall–Kier alpha value is -2.77. The van der Waals surface area contributed by atoms with Crippen molar-refractivity contribution in [1.82, 2.24) is 0 Å². The fourth-order valence-electron chi connectivity index (χ4n) is 2.49. The normalized spacial score (nSPS) is 11.9. The van der Waals surface area contributed by atoms with Crippen LogP contribution in [-0.2, 0) is 6.54 Å². The van der Waals surface area contributed by atoms with E-state index in [-0.39, 0.29) is 5.69 Å². The molecule has 0 bridgehead atoms. The van der Waals surface area contributed by atoms with Crippen LogP contribution in [0.2, 0.25) is 0 Å². The topological polar surface area (TPSA) is 79.3 Å². The second-order valence-corrected chi connectivity index (χ2v) is 6.51. The lowest BCUT2D eigenvalue weighted by Crippen LogP contribution is -2.39. The van der Waals surface area contributed by atoms with Crippen LogP contribution >= 0.6 is 11.3 Å². The molecule has 1 heterocycles. The molecule has 3 rings (SSSR count). The molecule has 0 aliphatic rings. The van der Waals surface area contributed by atoms with Crippen molar-refractivity contribution in [3.63, 3.8) is 0 Å². The average molecular weight is 356 g/mol. The van der Waals surface area contributed by atoms with E-state index in [9.17, 15) is 15.2 Å². The largest absolute Gasteiger partial charge is 0.384 e. The van der Waals surface area contributed by atoms with Crippen molar-refractivity contribution < 1.29 is 14.6 Å². The van der Waals surface area contributed by atoms with E-state index in [2.05, 4.69) is 5.32 Å². The molecule has 0 saturated heterocycles. The van der Waals surface area contributed by atoms with E-state index in [1.807, 2.05) is 47.2 Å². The summed E-state index contributed by atoms with van der Waals surface area (Å²) in [7, 11) is 0. The highest BCUT2D eigenvalue weighted by Crippen LogP contribution is 2.22. The Bertz CT molecular complexity index is 863. The number of rotatable bonds is 6. The molecule has 0 saturated carbocycles. The summed E-state index contributed by atoms with van der Waals surface area (Å²) in [4.78, 5) is 10.3. The lowest BCUT2D eigenvalue weighted by molar-refractivity contribution is -0.692. The maximum absolute atomic E-state index is 10.7. The number of hydrogen-bond donors (Lipinski definition) is 2. The lowest BCUT2D eigenvalue weighted by Gasteiger charge is -2.11. The van der Waals surface area contributed by atoms with Crippen molar-refractivity contribution in [2.75, 3.05) is 5.32 Å². The van der Waals surface area contributed by atoms with Gasteiger partial charge in [0.15, 0.2) is 0 Å². The first kappa shape index (κ1) is 17.1. The quantitative estimate of drug-likeness (QED) is 0.401. The van der Waals surface area contributed by atoms with Crippen LogP contribution in [0.15, 0.2) is 60.0 Å². The third kappa shape index (κ3) is 4.01. The van der Waals surface area contributed by atoms with Crippen molar-refractivity contribution in [1.29, 1.82) is 0 Å². The zero-order chi connectivity index (χ0) is 17.8. The Morgan fingerprint density at radius 3 is 2.52 bits per heavy atom. The van der Waals surface area contributed by atoms with Gasteiger partial charge >= 0.3 is 5.13 Å². The molecular weight excluding hydrogens is 338 g/mol. The van der Waals surface area contributed by atoms with Gasteiger partial charge < -0.3 is 5.11 Å². The van der Waals surface area contributed by atoms with Crippen LogP contribution in [0.1, 0.15) is 17.4 Å². The van der Waals surface area contributed by atoms with Gasteiger partial charge in [-0.1, -0.05) is 29.5 Å². The fraction of sp³-hybridized carbons (Fsp3) is 0.167. The van der Waals surface area contributed by atoms with Crippen LogP contribution < -0.4 is 9.88 Å². The molecule has 0 aliphatic carbocycles. The van der Waals surface area contributed by atoms with E-state index in [4.69, 9.17) is 0 Å². The summed E-state index contributed by atoms with van der Waals surface area (Å²) in [5.41, 5.74) is 2.67. The van der Waals surface area contributed by atoms with Crippen LogP contribution in [0, 0.1) is 17.0 Å². The zero-order valence-corrected chi connectivity index (χ0v) is 14.4. The summed E-state index contributed by atoms with van der Waals surface area (Å²) in [5, 5.41) is 27.6. The van der Waals surface area contributed by atoms with E-state index in [1.165, 1.54) is 12.1 Å². The Balaban J connectivity index is 1.78. The summed E-state index contributed by atoms with van der Waals surface area (Å²) >= 11 is 1.57. The molecule has 7 heteroatoms. The number of aliphatic hydroxyl groups is 1. The summed E-state index contributed by atoms with van der Waals surface area (Å²) in [5.74, 6) is 0. The lowest BCUT2D eigenvalue weighted by atomic mass is 10.1. The summed E-state index contributed by atoms with van der Waals surface area (Å²) in [6.07, 6.45) is -0.754. The second kappa shape index (κ2) is 7.42. The highest BCUT2D eigenvalue weighted by Gasteiger charge is 2.20. The van der Waals surface area contributed by atoms with Crippen molar-refractivity contribution in [2.45, 2.75) is 19.6 Å². The second-order valence-electron chi connectivity index (χ2n) is 5.65. The van der Waals surface area contributed by atoms with Gasteiger partial charge in [-0.3, -0.25) is 10.1 Å². The molecule has 0 spiro atoms. The number of aromatic nitrogens is 1. The smallest absolute Gasteiger partial charge is 0.339 e. The first-order chi connectivity index (χ1) is 12.0. The van der Waals surface area contributed by atoms with Gasteiger partial charge in [0.25, 0.3) is 5.69 Å². The molecule has 3 aromatic rings. The molecule has 0 aliphatic heterocycles. The van der Waals surface area contributed by atoms with Crippen molar-refractivity contribution in [3.05, 3.63) is 81.3 Å². The Kier molecular flexibility index (Phi) is 5.06. The number of aryl methyl sites for hydroxylation is 1. The summed E-state index contributed by atoms with van der Waals surface area (Å²) in [6.45, 7) is 2.34. The summed E-state index contributed by atoms with van der Waals surface area (Å²) in [6, 6.07) is 15.8. The molecule has 1 unspecified atom stereocenters. The molecule has 2 N–H and O–H groups in total. The van der Waals surface area contributed by atoms with Gasteiger partial charge in [-0.2, -0.15) is 0 Å². The molecule has 2 aromatic carbocycles. The summed E-state index contributed by atoms with van der Waals surface area (Å²) < 4.78 is 2.00. The van der Waals surface area contributed by atoms with E-state index >= 15 is 0 Å². The van der Waals surface area contributed by atoms with Crippen molar-refractivity contribution in [2.24, 2.45) is 0 Å². The molecule has 25 heavy (non-hydrogen) atoms. The van der Waals surface area contributed by atoms with Gasteiger partial charge in [0, 0.05) is 17.5 Å². The fourth-order valence-corrected chi connectivity index (χ4v) is 3.43. The van der Waals surface area contributed by atoms with E-state index in [0.717, 1.165) is 16.5 Å². The minimum absolute atomic E-state index is 0.0155. The van der Waals surface area contributed by atoms with Crippen molar-refractivity contribution >= 4 is 27.8 Å². The van der Waals surface area contributed by atoms with E-state index in [0.29, 0.717) is 12.1 Å². The number of thiazole rings is 1. The number of nitrogens with one attached hydrogen (secondary N) is 1. The maximum Gasteiger partial charge on any atom is 0.339 e. The highest BCUT2D eigenvalue weighted by molar-refractivity contribution is 7.13. The number of non-ortho nitro benzene ring substituents is 1. The van der Waals surface area contributed by atoms with Crippen LogP contribution in [-0.4, -0.2) is 10.0 Å². The van der Waals surface area contributed by atoms with Gasteiger partial charge in [-0.05, 0) is 36.8 Å². The number of anilines is 2. The Morgan fingerprint density at radius 1 is 1.20 bits per heavy atom. The minimum atomic E-state index is -0.754. The predicted molar refractivity (Wildman–Crippen MR) is 97.0 cm³/mol. The number of benzene rings is 2. The Morgan fingerprint density at radius 2 is 1.88 bits per heavy atom. The number of para-hydroxylation sites is 1. The molecule has 0 fully saturated rings. The predicted octanol–water partition coefficient (Wildman–Crippen LogP) is 3.73. The molecular formula is C18H18N3O3S+. The Labute approximate surface area is 149 Å². The zero-order valence-electron chi connectivity index (χ0n) is 13.6. The van der Waals surface area contributed by atoms with Crippen molar-refractivity contribution in [3.8, 4) is 0 Å². The van der Waals surface area contributed by atoms with Crippen LogP contribution in [0.5, 0.6) is 0 Å². The van der Waals surface area contributed by atoms with Gasteiger partial charge in [-0.15, -0.1) is 0 Å². The monoisotopic (exact) mass is 356 g/mol. The third-order valence-electron chi connectivity index (χ3n) is 3.88. The number of nitrogens with zero attached hydrogens (tertiary/aromatic N) is 2. The van der Waals surface area contributed by atoms with E-state index < -0.39 is 11.0 Å². The molecule has 1 aromatic heterocycles. The number of nitro groups is 1. The minimum Gasteiger partial charge on any atom is -0.384 e. The highest BCUT2D eigenvalue weighted by atomic mass is 32.1. The van der Waals surface area contributed by atoms with Crippen LogP contribution in [0.3, 0.4) is 0 Å². The van der Waals surface area contributed by atoms with E-state index in [1.54, 1.807) is 23.5 Å². The first-order valence-corrected chi connectivity index (χ1v) is 8.65. The molecule has 0 amide bonds. The first-order valence-electron chi connectivity index (χ1n) is 7.77. The van der Waals surface area contributed by atoms with Gasteiger partial charge in [0.05, 0.1) is 4.92 Å². The van der Waals surface area contributed by atoms with Crippen LogP contribution in [0.25, 0.3) is 0 Å². The third-order valence-corrected chi connectivity index (χ3v) is 4.89. The van der Waals surface area contributed by atoms with Gasteiger partial charge in [0.2, 0.25) is 0 Å². The van der Waals surface area contributed by atoms with Gasteiger partial charge in [0.1, 0.15) is 24.0 Å². The SMILES string of the molecule is Cc1csc(Nc2ccccc2)[n+]1CC(O)c1ccc([N+](=O)[O-])cc1. The number of nitro benzene ring substituents is 1. The van der Waals surface area contributed by atoms with Crippen LogP contribution in [0.4, 0.5) is 16.5 Å².